The van der Waals surface area contributed by atoms with Crippen molar-refractivity contribution < 1.29 is 14.6 Å². The molecule has 0 spiro atoms. The zero-order chi connectivity index (χ0) is 9.19. The lowest BCUT2D eigenvalue weighted by molar-refractivity contribution is -0.119. The molecule has 1 unspecified atom stereocenters. The van der Waals surface area contributed by atoms with E-state index in [4.69, 9.17) is 17.7 Å². The molecule has 1 N–H and O–H groups in total. The Morgan fingerprint density at radius 1 is 1.83 bits per heavy atom. The summed E-state index contributed by atoms with van der Waals surface area (Å²) in [5.41, 5.74) is -0.557. The number of carbonyl (C=O) groups excluding carboxylic acids is 1. The molecule has 1 aliphatic heterocycles. The van der Waals surface area contributed by atoms with Crippen LogP contribution < -0.4 is 0 Å². The third kappa shape index (κ3) is 1.54. The third-order valence-electron chi connectivity index (χ3n) is 2.46. The van der Waals surface area contributed by atoms with Crippen molar-refractivity contribution in [1.29, 1.82) is 0 Å². The van der Waals surface area contributed by atoms with Crippen LogP contribution in [0.2, 0.25) is 6.32 Å². The van der Waals surface area contributed by atoms with Gasteiger partial charge in [0.25, 0.3) is 0 Å². The summed E-state index contributed by atoms with van der Waals surface area (Å²) in [5.74, 6) is 0. The van der Waals surface area contributed by atoms with Gasteiger partial charge in [0.05, 0.1) is 32.1 Å². The maximum Gasteiger partial charge on any atom is 0.128 e. The van der Waals surface area contributed by atoms with Crippen molar-refractivity contribution in [2.45, 2.75) is 31.9 Å². The van der Waals surface area contributed by atoms with Crippen LogP contribution in [0.1, 0.15) is 13.3 Å². The van der Waals surface area contributed by atoms with Gasteiger partial charge in [-0.3, -0.25) is 0 Å². The van der Waals surface area contributed by atoms with E-state index < -0.39 is 5.41 Å². The van der Waals surface area contributed by atoms with Gasteiger partial charge < -0.3 is 14.6 Å². The number of aliphatic hydroxyl groups is 1. The number of aliphatic hydroxyl groups excluding tert-OH is 1. The molecule has 1 saturated heterocycles. The SMILES string of the molecule is [B]C[C@H]1CC(C)(C=O)[C@@H](CO)O1. The smallest absolute Gasteiger partial charge is 0.128 e. The summed E-state index contributed by atoms with van der Waals surface area (Å²) in [6.45, 7) is 1.67. The van der Waals surface area contributed by atoms with Gasteiger partial charge >= 0.3 is 0 Å². The summed E-state index contributed by atoms with van der Waals surface area (Å²) < 4.78 is 5.36. The molecule has 0 amide bonds. The summed E-state index contributed by atoms with van der Waals surface area (Å²) in [6, 6.07) is 0. The fourth-order valence-corrected chi connectivity index (χ4v) is 1.57. The van der Waals surface area contributed by atoms with Crippen LogP contribution in [-0.2, 0) is 9.53 Å². The monoisotopic (exact) mass is 168 g/mol. The molecule has 12 heavy (non-hydrogen) atoms. The number of rotatable bonds is 3. The van der Waals surface area contributed by atoms with E-state index in [1.807, 2.05) is 0 Å². The van der Waals surface area contributed by atoms with Crippen molar-refractivity contribution in [2.24, 2.45) is 5.41 Å². The topological polar surface area (TPSA) is 46.5 Å². The van der Waals surface area contributed by atoms with Gasteiger partial charge in [-0.1, -0.05) is 13.2 Å². The largest absolute Gasteiger partial charge is 0.394 e. The summed E-state index contributed by atoms with van der Waals surface area (Å²) in [6.07, 6.45) is 1.39. The molecule has 1 fully saturated rings. The second-order valence-electron chi connectivity index (χ2n) is 3.49. The second kappa shape index (κ2) is 3.58. The van der Waals surface area contributed by atoms with Crippen LogP contribution in [0, 0.1) is 5.41 Å². The number of aldehydes is 1. The van der Waals surface area contributed by atoms with Crippen LogP contribution in [0.3, 0.4) is 0 Å². The molecule has 4 heteroatoms. The first-order chi connectivity index (χ1) is 5.66. The molecule has 66 valence electrons. The Kier molecular flexibility index (Phi) is 2.91. The zero-order valence-electron chi connectivity index (χ0n) is 7.19. The van der Waals surface area contributed by atoms with Crippen LogP contribution in [0.4, 0.5) is 0 Å². The summed E-state index contributed by atoms with van der Waals surface area (Å²) in [5, 5.41) is 8.92. The Labute approximate surface area is 73.5 Å². The average Bonchev–Trinajstić information content (AvgIpc) is 2.43. The normalized spacial score (nSPS) is 41.5. The maximum absolute atomic E-state index is 10.7. The molecule has 0 aromatic carbocycles. The molecule has 1 heterocycles. The minimum Gasteiger partial charge on any atom is -0.394 e. The van der Waals surface area contributed by atoms with Gasteiger partial charge in [0.1, 0.15) is 6.29 Å². The van der Waals surface area contributed by atoms with E-state index >= 15 is 0 Å². The first kappa shape index (κ1) is 9.74. The zero-order valence-corrected chi connectivity index (χ0v) is 7.19. The molecule has 1 aliphatic rings. The Morgan fingerprint density at radius 3 is 2.83 bits per heavy atom. The number of carbonyl (C=O) groups is 1. The molecular formula is C8H13BO3. The third-order valence-corrected chi connectivity index (χ3v) is 2.46. The predicted octanol–water partition coefficient (Wildman–Crippen LogP) is -0.0718. The Morgan fingerprint density at radius 2 is 2.50 bits per heavy atom. The molecule has 3 nitrogen and oxygen atoms in total. The highest BCUT2D eigenvalue weighted by molar-refractivity contribution is 6.08. The quantitative estimate of drug-likeness (QED) is 0.473. The minimum absolute atomic E-state index is 0.0858. The van der Waals surface area contributed by atoms with Crippen LogP contribution in [-0.4, -0.2) is 38.1 Å². The van der Waals surface area contributed by atoms with E-state index in [-0.39, 0.29) is 18.8 Å². The molecule has 0 aromatic heterocycles. The van der Waals surface area contributed by atoms with Crippen molar-refractivity contribution in [3.63, 3.8) is 0 Å². The van der Waals surface area contributed by atoms with Crippen molar-refractivity contribution in [3.05, 3.63) is 0 Å². The first-order valence-electron chi connectivity index (χ1n) is 4.09. The van der Waals surface area contributed by atoms with Gasteiger partial charge in [-0.15, -0.1) is 0 Å². The van der Waals surface area contributed by atoms with E-state index in [1.54, 1.807) is 6.92 Å². The minimum atomic E-state index is -0.557. The van der Waals surface area contributed by atoms with Crippen molar-refractivity contribution in [1.82, 2.24) is 0 Å². The lowest BCUT2D eigenvalue weighted by Crippen LogP contribution is -2.32. The van der Waals surface area contributed by atoms with E-state index in [2.05, 4.69) is 0 Å². The molecule has 3 atom stereocenters. The fraction of sp³-hybridized carbons (Fsp3) is 0.875. The molecule has 0 aliphatic carbocycles. The van der Waals surface area contributed by atoms with Gasteiger partial charge in [-0.2, -0.15) is 0 Å². The standard InChI is InChI=1S/C8H13BO3/c1-8(5-11)2-6(3-9)12-7(8)4-10/h5-7,10H,2-4H2,1H3/t6-,7-,8?/m1/s1. The molecule has 0 aromatic rings. The first-order valence-corrected chi connectivity index (χ1v) is 4.09. The Bertz CT molecular complexity index is 174. The molecule has 1 rings (SSSR count). The van der Waals surface area contributed by atoms with E-state index in [9.17, 15) is 4.79 Å². The van der Waals surface area contributed by atoms with Crippen LogP contribution >= 0.6 is 0 Å². The molecule has 0 bridgehead atoms. The molecule has 0 saturated carbocycles. The molecule has 2 radical (unpaired) electrons. The van der Waals surface area contributed by atoms with E-state index in [0.717, 1.165) is 6.29 Å². The molecular weight excluding hydrogens is 155 g/mol. The summed E-state index contributed by atoms with van der Waals surface area (Å²) in [7, 11) is 5.40. The van der Waals surface area contributed by atoms with Gasteiger partial charge in [0.15, 0.2) is 0 Å². The fourth-order valence-electron chi connectivity index (χ4n) is 1.57. The lowest BCUT2D eigenvalue weighted by Gasteiger charge is -2.20. The maximum atomic E-state index is 10.7. The van der Waals surface area contributed by atoms with E-state index in [0.29, 0.717) is 12.7 Å². The highest BCUT2D eigenvalue weighted by atomic mass is 16.5. The van der Waals surface area contributed by atoms with Gasteiger partial charge in [-0.05, 0) is 6.42 Å². The van der Waals surface area contributed by atoms with Gasteiger partial charge in [0.2, 0.25) is 0 Å². The van der Waals surface area contributed by atoms with Gasteiger partial charge in [-0.25, -0.2) is 0 Å². The van der Waals surface area contributed by atoms with Crippen molar-refractivity contribution in [3.8, 4) is 0 Å². The number of ether oxygens (including phenoxy) is 1. The summed E-state index contributed by atoms with van der Waals surface area (Å²) in [4.78, 5) is 10.7. The number of hydrogen-bond donors (Lipinski definition) is 1. The van der Waals surface area contributed by atoms with E-state index in [1.165, 1.54) is 0 Å². The van der Waals surface area contributed by atoms with Crippen LogP contribution in [0.5, 0.6) is 0 Å². The Hall–Kier alpha value is -0.345. The van der Waals surface area contributed by atoms with Gasteiger partial charge in [0, 0.05) is 0 Å². The predicted molar refractivity (Wildman–Crippen MR) is 45.1 cm³/mol. The van der Waals surface area contributed by atoms with Crippen molar-refractivity contribution in [2.75, 3.05) is 6.61 Å². The second-order valence-corrected chi connectivity index (χ2v) is 3.49. The average molecular weight is 168 g/mol. The number of hydrogen-bond acceptors (Lipinski definition) is 3. The lowest BCUT2D eigenvalue weighted by atomic mass is 9.81. The van der Waals surface area contributed by atoms with Crippen LogP contribution in [0.25, 0.3) is 0 Å². The van der Waals surface area contributed by atoms with Crippen LogP contribution in [0.15, 0.2) is 0 Å². The highest BCUT2D eigenvalue weighted by Gasteiger charge is 2.43. The highest BCUT2D eigenvalue weighted by Crippen LogP contribution is 2.37. The Balaban J connectivity index is 2.68. The van der Waals surface area contributed by atoms with Crippen molar-refractivity contribution >= 4 is 14.1 Å². The summed E-state index contributed by atoms with van der Waals surface area (Å²) >= 11 is 0.